The average molecular weight is 237 g/mol. The Morgan fingerprint density at radius 1 is 1.12 bits per heavy atom. The maximum absolute atomic E-state index is 5.58. The normalized spacial score (nSPS) is 10.4. The molecule has 0 saturated heterocycles. The maximum atomic E-state index is 5.58. The van der Waals surface area contributed by atoms with Crippen LogP contribution in [-0.4, -0.2) is 19.8 Å². The van der Waals surface area contributed by atoms with Gasteiger partial charge in [0.2, 0.25) is 0 Å². The first-order valence-electron chi connectivity index (χ1n) is 6.30. The second-order valence-electron chi connectivity index (χ2n) is 4.30. The molecule has 0 amide bonds. The van der Waals surface area contributed by atoms with E-state index in [4.69, 9.17) is 9.47 Å². The van der Waals surface area contributed by atoms with Crippen molar-refractivity contribution in [2.75, 3.05) is 25.1 Å². The zero-order valence-corrected chi connectivity index (χ0v) is 11.2. The van der Waals surface area contributed by atoms with Gasteiger partial charge in [0.05, 0.1) is 18.9 Å². The number of hydrogen-bond acceptors (Lipinski definition) is 3. The second kappa shape index (κ2) is 7.05. The van der Waals surface area contributed by atoms with Gasteiger partial charge in [0, 0.05) is 12.6 Å². The Balaban J connectivity index is 2.81. The van der Waals surface area contributed by atoms with Crippen molar-refractivity contribution in [2.45, 2.75) is 27.7 Å². The first kappa shape index (κ1) is 13.7. The largest absolute Gasteiger partial charge is 0.494 e. The van der Waals surface area contributed by atoms with E-state index in [0.29, 0.717) is 19.1 Å². The van der Waals surface area contributed by atoms with Crippen LogP contribution in [0.1, 0.15) is 27.7 Å². The fraction of sp³-hybridized carbons (Fsp3) is 0.571. The Morgan fingerprint density at radius 2 is 1.82 bits per heavy atom. The molecule has 0 unspecified atom stereocenters. The quantitative estimate of drug-likeness (QED) is 0.786. The summed E-state index contributed by atoms with van der Waals surface area (Å²) in [5.74, 6) is 2.36. The summed E-state index contributed by atoms with van der Waals surface area (Å²) < 4.78 is 11.1. The molecular weight excluding hydrogens is 214 g/mol. The molecule has 3 nitrogen and oxygen atoms in total. The third-order valence-corrected chi connectivity index (χ3v) is 2.26. The topological polar surface area (TPSA) is 30.5 Å². The second-order valence-corrected chi connectivity index (χ2v) is 4.30. The number of nitrogens with one attached hydrogen (secondary N) is 1. The highest BCUT2D eigenvalue weighted by atomic mass is 16.5. The Bertz CT molecular complexity index is 337. The molecule has 0 aliphatic rings. The van der Waals surface area contributed by atoms with Crippen LogP contribution in [0.5, 0.6) is 11.5 Å². The van der Waals surface area contributed by atoms with Crippen molar-refractivity contribution < 1.29 is 9.47 Å². The van der Waals surface area contributed by atoms with Crippen LogP contribution in [0, 0.1) is 5.92 Å². The average Bonchev–Trinajstić information content (AvgIpc) is 2.29. The molecule has 0 fully saturated rings. The van der Waals surface area contributed by atoms with E-state index >= 15 is 0 Å². The lowest BCUT2D eigenvalue weighted by atomic mass is 10.2. The number of hydrogen-bond donors (Lipinski definition) is 1. The molecule has 0 atom stereocenters. The van der Waals surface area contributed by atoms with Crippen molar-refractivity contribution >= 4 is 5.69 Å². The number of ether oxygens (including phenoxy) is 2. The predicted octanol–water partition coefficient (Wildman–Crippen LogP) is 3.55. The third kappa shape index (κ3) is 4.55. The molecule has 1 rings (SSSR count). The van der Waals surface area contributed by atoms with E-state index < -0.39 is 0 Å². The predicted molar refractivity (Wildman–Crippen MR) is 72.1 cm³/mol. The summed E-state index contributed by atoms with van der Waals surface area (Å²) in [5.41, 5.74) is 1.01. The van der Waals surface area contributed by atoms with Gasteiger partial charge < -0.3 is 14.8 Å². The summed E-state index contributed by atoms with van der Waals surface area (Å²) in [7, 11) is 0. The molecule has 0 heterocycles. The molecule has 0 aromatic heterocycles. The van der Waals surface area contributed by atoms with E-state index in [1.807, 2.05) is 32.0 Å². The van der Waals surface area contributed by atoms with Gasteiger partial charge in [0.25, 0.3) is 0 Å². The summed E-state index contributed by atoms with van der Waals surface area (Å²) in [5, 5.41) is 3.39. The van der Waals surface area contributed by atoms with Crippen LogP contribution in [0.3, 0.4) is 0 Å². The van der Waals surface area contributed by atoms with Crippen molar-refractivity contribution in [2.24, 2.45) is 5.92 Å². The smallest absolute Gasteiger partial charge is 0.142 e. The molecule has 0 spiro atoms. The fourth-order valence-electron chi connectivity index (χ4n) is 1.50. The molecule has 0 aliphatic carbocycles. The minimum Gasteiger partial charge on any atom is -0.494 e. The minimum absolute atomic E-state index is 0.597. The van der Waals surface area contributed by atoms with Gasteiger partial charge in [-0.05, 0) is 31.9 Å². The van der Waals surface area contributed by atoms with Crippen LogP contribution in [0.25, 0.3) is 0 Å². The monoisotopic (exact) mass is 237 g/mol. The van der Waals surface area contributed by atoms with E-state index in [9.17, 15) is 0 Å². The van der Waals surface area contributed by atoms with Crippen LogP contribution in [0.15, 0.2) is 18.2 Å². The van der Waals surface area contributed by atoms with E-state index in [1.54, 1.807) is 0 Å². The molecule has 96 valence electrons. The van der Waals surface area contributed by atoms with E-state index in [0.717, 1.165) is 23.7 Å². The molecule has 1 aromatic carbocycles. The summed E-state index contributed by atoms with van der Waals surface area (Å²) in [4.78, 5) is 0. The maximum Gasteiger partial charge on any atom is 0.142 e. The highest BCUT2D eigenvalue weighted by Crippen LogP contribution is 2.29. The standard InChI is InChI=1S/C14H23NO2/c1-5-16-12-7-8-14(17-6-2)13(9-12)15-10-11(3)4/h7-9,11,15H,5-6,10H2,1-4H3. The van der Waals surface area contributed by atoms with E-state index in [2.05, 4.69) is 19.2 Å². The minimum atomic E-state index is 0.597. The summed E-state index contributed by atoms with van der Waals surface area (Å²) in [6.45, 7) is 10.6. The Hall–Kier alpha value is -1.38. The van der Waals surface area contributed by atoms with Gasteiger partial charge in [-0.25, -0.2) is 0 Å². The van der Waals surface area contributed by atoms with Crippen molar-refractivity contribution in [3.63, 3.8) is 0 Å². The third-order valence-electron chi connectivity index (χ3n) is 2.26. The van der Waals surface area contributed by atoms with E-state index in [-0.39, 0.29) is 0 Å². The lowest BCUT2D eigenvalue weighted by Crippen LogP contribution is -2.09. The van der Waals surface area contributed by atoms with Gasteiger partial charge in [-0.15, -0.1) is 0 Å². The molecule has 1 N–H and O–H groups in total. The molecule has 0 bridgehead atoms. The highest BCUT2D eigenvalue weighted by molar-refractivity contribution is 5.59. The van der Waals surface area contributed by atoms with Crippen LogP contribution in [0.2, 0.25) is 0 Å². The zero-order valence-electron chi connectivity index (χ0n) is 11.2. The molecule has 1 aromatic rings. The number of benzene rings is 1. The van der Waals surface area contributed by atoms with Crippen molar-refractivity contribution in [3.05, 3.63) is 18.2 Å². The first-order chi connectivity index (χ1) is 8.17. The first-order valence-corrected chi connectivity index (χ1v) is 6.30. The van der Waals surface area contributed by atoms with Gasteiger partial charge in [0.15, 0.2) is 0 Å². The van der Waals surface area contributed by atoms with Crippen molar-refractivity contribution in [3.8, 4) is 11.5 Å². The summed E-state index contributed by atoms with van der Waals surface area (Å²) >= 11 is 0. The van der Waals surface area contributed by atoms with Crippen LogP contribution < -0.4 is 14.8 Å². The van der Waals surface area contributed by atoms with E-state index in [1.165, 1.54) is 0 Å². The Labute approximate surface area is 104 Å². The van der Waals surface area contributed by atoms with Gasteiger partial charge in [-0.3, -0.25) is 0 Å². The summed E-state index contributed by atoms with van der Waals surface area (Å²) in [6.07, 6.45) is 0. The van der Waals surface area contributed by atoms with Gasteiger partial charge in [0.1, 0.15) is 11.5 Å². The molecule has 0 saturated carbocycles. The highest BCUT2D eigenvalue weighted by Gasteiger charge is 2.06. The molecular formula is C14H23NO2. The summed E-state index contributed by atoms with van der Waals surface area (Å²) in [6, 6.07) is 5.89. The van der Waals surface area contributed by atoms with Crippen molar-refractivity contribution in [1.82, 2.24) is 0 Å². The Morgan fingerprint density at radius 3 is 2.41 bits per heavy atom. The zero-order chi connectivity index (χ0) is 12.7. The molecule has 0 radical (unpaired) electrons. The SMILES string of the molecule is CCOc1ccc(OCC)c(NCC(C)C)c1. The van der Waals surface area contributed by atoms with Gasteiger partial charge >= 0.3 is 0 Å². The number of rotatable bonds is 7. The van der Waals surface area contributed by atoms with Crippen LogP contribution in [-0.2, 0) is 0 Å². The van der Waals surface area contributed by atoms with Crippen LogP contribution >= 0.6 is 0 Å². The number of anilines is 1. The fourth-order valence-corrected chi connectivity index (χ4v) is 1.50. The molecule has 17 heavy (non-hydrogen) atoms. The van der Waals surface area contributed by atoms with Gasteiger partial charge in [-0.2, -0.15) is 0 Å². The molecule has 3 heteroatoms. The van der Waals surface area contributed by atoms with Gasteiger partial charge in [-0.1, -0.05) is 13.8 Å². The van der Waals surface area contributed by atoms with Crippen molar-refractivity contribution in [1.29, 1.82) is 0 Å². The lowest BCUT2D eigenvalue weighted by Gasteiger charge is -2.15. The Kier molecular flexibility index (Phi) is 5.67. The molecule has 0 aliphatic heterocycles. The lowest BCUT2D eigenvalue weighted by molar-refractivity contribution is 0.331. The van der Waals surface area contributed by atoms with Crippen LogP contribution in [0.4, 0.5) is 5.69 Å².